The van der Waals surface area contributed by atoms with Crippen LogP contribution in [0.2, 0.25) is 0 Å². The lowest BCUT2D eigenvalue weighted by Crippen LogP contribution is -2.14. The molecule has 1 aliphatic rings. The van der Waals surface area contributed by atoms with Crippen molar-refractivity contribution in [3.05, 3.63) is 11.6 Å². The number of hydrogen-bond donors (Lipinski definition) is 0. The van der Waals surface area contributed by atoms with Crippen molar-refractivity contribution in [1.82, 2.24) is 0 Å². The first kappa shape index (κ1) is 9.30. The maximum Gasteiger partial charge on any atom is 0.334 e. The molecule has 0 N–H and O–H groups in total. The second kappa shape index (κ2) is 3.30. The number of carbonyl (C=O) groups excluding carboxylic acids is 1. The van der Waals surface area contributed by atoms with Crippen molar-refractivity contribution in [3.8, 4) is 0 Å². The summed E-state index contributed by atoms with van der Waals surface area (Å²) in [5.41, 5.74) is 0.828. The van der Waals surface area contributed by atoms with Gasteiger partial charge in [-0.2, -0.15) is 0 Å². The molecule has 0 fully saturated rings. The first-order valence-electron chi connectivity index (χ1n) is 4.45. The molecule has 0 aliphatic carbocycles. The summed E-state index contributed by atoms with van der Waals surface area (Å²) >= 11 is 0. The van der Waals surface area contributed by atoms with Crippen LogP contribution in [0.1, 0.15) is 27.7 Å². The molecule has 0 saturated carbocycles. The summed E-state index contributed by atoms with van der Waals surface area (Å²) in [6.45, 7) is 8.13. The molecule has 1 heterocycles. The van der Waals surface area contributed by atoms with Crippen LogP contribution in [0.3, 0.4) is 0 Å². The van der Waals surface area contributed by atoms with E-state index in [1.165, 1.54) is 0 Å². The Morgan fingerprint density at radius 3 is 2.17 bits per heavy atom. The van der Waals surface area contributed by atoms with Crippen LogP contribution in [-0.4, -0.2) is 12.1 Å². The molecule has 68 valence electrons. The van der Waals surface area contributed by atoms with Gasteiger partial charge < -0.3 is 4.74 Å². The van der Waals surface area contributed by atoms with E-state index in [2.05, 4.69) is 13.8 Å². The summed E-state index contributed by atoms with van der Waals surface area (Å²) in [6, 6.07) is 0. The van der Waals surface area contributed by atoms with Crippen LogP contribution < -0.4 is 0 Å². The van der Waals surface area contributed by atoms with Gasteiger partial charge in [0.25, 0.3) is 0 Å². The zero-order valence-corrected chi connectivity index (χ0v) is 8.13. The minimum absolute atomic E-state index is 0.00472. The average molecular weight is 168 g/mol. The largest absolute Gasteiger partial charge is 0.454 e. The molecule has 1 aliphatic heterocycles. The second-order valence-corrected chi connectivity index (χ2v) is 3.89. The van der Waals surface area contributed by atoms with Crippen molar-refractivity contribution >= 4 is 5.97 Å². The first-order valence-corrected chi connectivity index (χ1v) is 4.45. The predicted octanol–water partition coefficient (Wildman–Crippen LogP) is 2.15. The Balaban J connectivity index is 2.75. The molecule has 12 heavy (non-hydrogen) atoms. The second-order valence-electron chi connectivity index (χ2n) is 3.89. The Bertz CT molecular complexity index is 214. The van der Waals surface area contributed by atoms with E-state index >= 15 is 0 Å². The molecule has 0 spiro atoms. The van der Waals surface area contributed by atoms with Crippen LogP contribution in [-0.2, 0) is 9.53 Å². The number of carbonyl (C=O) groups is 1. The Labute approximate surface area is 73.6 Å². The molecule has 0 aromatic heterocycles. The molecule has 0 amide bonds. The molecule has 0 bridgehead atoms. The zero-order chi connectivity index (χ0) is 9.30. The van der Waals surface area contributed by atoms with Crippen molar-refractivity contribution in [2.45, 2.75) is 33.8 Å². The third-order valence-corrected chi connectivity index (χ3v) is 2.10. The van der Waals surface area contributed by atoms with E-state index in [9.17, 15) is 4.79 Å². The quantitative estimate of drug-likeness (QED) is 0.590. The van der Waals surface area contributed by atoms with E-state index in [1.807, 2.05) is 19.9 Å². The molecule has 0 radical (unpaired) electrons. The average Bonchev–Trinajstić information content (AvgIpc) is 2.30. The zero-order valence-electron chi connectivity index (χ0n) is 8.13. The molecule has 0 saturated heterocycles. The maximum atomic E-state index is 11.2. The van der Waals surface area contributed by atoms with Crippen molar-refractivity contribution < 1.29 is 9.53 Å². The maximum absolute atomic E-state index is 11.2. The summed E-state index contributed by atoms with van der Waals surface area (Å²) in [5, 5.41) is 0. The van der Waals surface area contributed by atoms with Crippen LogP contribution in [0.15, 0.2) is 11.6 Å². The Morgan fingerprint density at radius 2 is 1.92 bits per heavy atom. The van der Waals surface area contributed by atoms with Gasteiger partial charge >= 0.3 is 5.97 Å². The smallest absolute Gasteiger partial charge is 0.334 e. The van der Waals surface area contributed by atoms with E-state index in [1.54, 1.807) is 0 Å². The summed E-state index contributed by atoms with van der Waals surface area (Å²) in [5.74, 6) is 0.523. The number of hydrogen-bond acceptors (Lipinski definition) is 2. The van der Waals surface area contributed by atoms with Gasteiger partial charge in [0.15, 0.2) is 0 Å². The van der Waals surface area contributed by atoms with Gasteiger partial charge in [-0.25, -0.2) is 4.79 Å². The summed E-state index contributed by atoms with van der Waals surface area (Å²) < 4.78 is 5.17. The number of ether oxygens (including phenoxy) is 1. The van der Waals surface area contributed by atoms with Gasteiger partial charge in [0.1, 0.15) is 6.10 Å². The monoisotopic (exact) mass is 168 g/mol. The molecule has 0 aromatic rings. The Kier molecular flexibility index (Phi) is 2.55. The van der Waals surface area contributed by atoms with Crippen molar-refractivity contribution in [2.75, 3.05) is 0 Å². The highest BCUT2D eigenvalue weighted by atomic mass is 16.5. The standard InChI is InChI=1S/C10H16O2/c1-6(2)8-5-9(7(3)4)12-10(8)11/h5-7,9H,1-4H3. The normalized spacial score (nSPS) is 23.3. The molecule has 1 atom stereocenters. The van der Waals surface area contributed by atoms with Crippen molar-refractivity contribution in [1.29, 1.82) is 0 Å². The van der Waals surface area contributed by atoms with Crippen LogP contribution in [0.5, 0.6) is 0 Å². The lowest BCUT2D eigenvalue weighted by molar-refractivity contribution is -0.141. The van der Waals surface area contributed by atoms with Gasteiger partial charge in [0, 0.05) is 5.57 Å². The van der Waals surface area contributed by atoms with Gasteiger partial charge in [0.2, 0.25) is 0 Å². The SMILES string of the molecule is CC(C)C1=CC(C(C)C)OC1=O. The van der Waals surface area contributed by atoms with E-state index in [-0.39, 0.29) is 18.0 Å². The topological polar surface area (TPSA) is 26.3 Å². The van der Waals surface area contributed by atoms with Crippen LogP contribution in [0.4, 0.5) is 0 Å². The van der Waals surface area contributed by atoms with E-state index in [4.69, 9.17) is 4.74 Å². The van der Waals surface area contributed by atoms with Gasteiger partial charge in [-0.1, -0.05) is 27.7 Å². The highest BCUT2D eigenvalue weighted by Gasteiger charge is 2.28. The molecule has 1 rings (SSSR count). The fraction of sp³-hybridized carbons (Fsp3) is 0.700. The third kappa shape index (κ3) is 1.68. The van der Waals surface area contributed by atoms with E-state index < -0.39 is 0 Å². The molecule has 2 heteroatoms. The summed E-state index contributed by atoms with van der Waals surface area (Å²) in [4.78, 5) is 11.2. The number of rotatable bonds is 2. The van der Waals surface area contributed by atoms with E-state index in [0.717, 1.165) is 5.57 Å². The minimum atomic E-state index is -0.135. The van der Waals surface area contributed by atoms with Gasteiger partial charge in [-0.3, -0.25) is 0 Å². The van der Waals surface area contributed by atoms with Crippen LogP contribution in [0.25, 0.3) is 0 Å². The molecule has 1 unspecified atom stereocenters. The van der Waals surface area contributed by atoms with Crippen LogP contribution >= 0.6 is 0 Å². The fourth-order valence-corrected chi connectivity index (χ4v) is 1.23. The summed E-state index contributed by atoms with van der Waals surface area (Å²) in [6.07, 6.45) is 1.95. The summed E-state index contributed by atoms with van der Waals surface area (Å²) in [7, 11) is 0. The van der Waals surface area contributed by atoms with Crippen LogP contribution in [0, 0.1) is 11.8 Å². The van der Waals surface area contributed by atoms with Crippen molar-refractivity contribution in [3.63, 3.8) is 0 Å². The lowest BCUT2D eigenvalue weighted by Gasteiger charge is -2.10. The van der Waals surface area contributed by atoms with Gasteiger partial charge in [-0.05, 0) is 17.9 Å². The Morgan fingerprint density at radius 1 is 1.33 bits per heavy atom. The van der Waals surface area contributed by atoms with E-state index in [0.29, 0.717) is 5.92 Å². The molecular weight excluding hydrogens is 152 g/mol. The number of esters is 1. The Hall–Kier alpha value is -0.790. The fourth-order valence-electron chi connectivity index (χ4n) is 1.23. The lowest BCUT2D eigenvalue weighted by atomic mass is 10.0. The van der Waals surface area contributed by atoms with Gasteiger partial charge in [-0.15, -0.1) is 0 Å². The van der Waals surface area contributed by atoms with Gasteiger partial charge in [0.05, 0.1) is 0 Å². The minimum Gasteiger partial charge on any atom is -0.454 e. The molecule has 2 nitrogen and oxygen atoms in total. The number of cyclic esters (lactones) is 1. The molecule has 0 aromatic carbocycles. The third-order valence-electron chi connectivity index (χ3n) is 2.10. The molecular formula is C10H16O2. The first-order chi connectivity index (χ1) is 5.52. The highest BCUT2D eigenvalue weighted by Crippen LogP contribution is 2.24. The van der Waals surface area contributed by atoms with Crippen molar-refractivity contribution in [2.24, 2.45) is 11.8 Å². The predicted molar refractivity (Wildman–Crippen MR) is 47.6 cm³/mol. The highest BCUT2D eigenvalue weighted by molar-refractivity contribution is 5.91.